The largest absolute Gasteiger partial charge is 0.444 e. The second kappa shape index (κ2) is 6.13. The molecule has 0 heterocycles. The third-order valence-corrected chi connectivity index (χ3v) is 1.80. The molecule has 4 nitrogen and oxygen atoms in total. The van der Waals surface area contributed by atoms with Crippen LogP contribution >= 0.6 is 0 Å². The number of carbonyl (C=O) groups excluding carboxylic acids is 1. The fourth-order valence-electron chi connectivity index (χ4n) is 1.17. The summed E-state index contributed by atoms with van der Waals surface area (Å²) in [6, 6.07) is 9.54. The highest BCUT2D eigenvalue weighted by atomic mass is 16.6. The minimum atomic E-state index is -0.750. The third kappa shape index (κ3) is 6.45. The molecule has 0 bridgehead atoms. The summed E-state index contributed by atoms with van der Waals surface area (Å²) in [7, 11) is 0. The van der Waals surface area contributed by atoms with Gasteiger partial charge in [-0.15, -0.1) is 0 Å². The van der Waals surface area contributed by atoms with Gasteiger partial charge in [-0.3, -0.25) is 0 Å². The zero-order valence-electron chi connectivity index (χ0n) is 11.5. The summed E-state index contributed by atoms with van der Waals surface area (Å²) in [5.41, 5.74) is 0.372. The summed E-state index contributed by atoms with van der Waals surface area (Å²) in [5.74, 6) is 0. The van der Waals surface area contributed by atoms with Crippen LogP contribution < -0.4 is 10.6 Å². The summed E-state index contributed by atoms with van der Waals surface area (Å²) >= 11 is 0. The van der Waals surface area contributed by atoms with E-state index in [9.17, 15) is 4.79 Å². The van der Waals surface area contributed by atoms with Crippen LogP contribution in [0.15, 0.2) is 30.3 Å². The van der Waals surface area contributed by atoms with Gasteiger partial charge < -0.3 is 15.4 Å². The van der Waals surface area contributed by atoms with Gasteiger partial charge in [-0.05, 0) is 32.9 Å². The van der Waals surface area contributed by atoms with Crippen molar-refractivity contribution in [2.24, 2.45) is 0 Å². The Kier molecular flexibility index (Phi) is 4.24. The summed E-state index contributed by atoms with van der Waals surface area (Å²) in [4.78, 5) is 11.4. The maximum Gasteiger partial charge on any atom is 0.407 e. The molecule has 0 aliphatic carbocycles. The van der Waals surface area contributed by atoms with Crippen molar-refractivity contribution in [3.63, 3.8) is 0 Å². The van der Waals surface area contributed by atoms with E-state index >= 15 is 0 Å². The Balaban J connectivity index is 2.29. The fourth-order valence-corrected chi connectivity index (χ4v) is 1.17. The van der Waals surface area contributed by atoms with E-state index in [1.54, 1.807) is 20.8 Å². The predicted molar refractivity (Wildman–Crippen MR) is 69.2 cm³/mol. The quantitative estimate of drug-likeness (QED) is 0.846. The third-order valence-electron chi connectivity index (χ3n) is 1.80. The first-order chi connectivity index (χ1) is 8.37. The number of alkyl carbamates (subject to hydrolysis) is 1. The van der Waals surface area contributed by atoms with Crippen LogP contribution in [0.4, 0.5) is 10.5 Å². The average Bonchev–Trinajstić information content (AvgIpc) is 2.25. The Morgan fingerprint density at radius 3 is 2.59 bits per heavy atom. The van der Waals surface area contributed by atoms with E-state index in [0.29, 0.717) is 6.54 Å². The number of para-hydroxylation sites is 1. The van der Waals surface area contributed by atoms with E-state index in [2.05, 4.69) is 10.6 Å². The molecule has 1 aromatic carbocycles. The van der Waals surface area contributed by atoms with E-state index in [0.717, 1.165) is 5.69 Å². The van der Waals surface area contributed by atoms with Gasteiger partial charge in [-0.25, -0.2) is 4.79 Å². The highest BCUT2D eigenvalue weighted by molar-refractivity contribution is 5.67. The molecule has 1 rings (SSSR count). The Morgan fingerprint density at radius 1 is 1.35 bits per heavy atom. The second-order valence-corrected chi connectivity index (χ2v) is 4.60. The van der Waals surface area contributed by atoms with Gasteiger partial charge in [-0.1, -0.05) is 18.2 Å². The van der Waals surface area contributed by atoms with Crippen LogP contribution in [0.25, 0.3) is 0 Å². The summed E-state index contributed by atoms with van der Waals surface area (Å²) in [5, 5.41) is 5.50. The number of carbonyl (C=O) groups is 1. The van der Waals surface area contributed by atoms with E-state index in [4.69, 9.17) is 6.11 Å². The topological polar surface area (TPSA) is 50.4 Å². The Labute approximate surface area is 104 Å². The van der Waals surface area contributed by atoms with Gasteiger partial charge in [0.1, 0.15) is 5.60 Å². The molecule has 2 N–H and O–H groups in total. The van der Waals surface area contributed by atoms with Gasteiger partial charge in [0.15, 0.2) is 0 Å². The van der Waals surface area contributed by atoms with Gasteiger partial charge in [0.05, 0.1) is 1.37 Å². The van der Waals surface area contributed by atoms with E-state index in [1.807, 2.05) is 30.3 Å². The fraction of sp³-hybridized carbons (Fsp3) is 0.462. The summed E-state index contributed by atoms with van der Waals surface area (Å²) < 4.78 is 12.7. The number of anilines is 1. The minimum Gasteiger partial charge on any atom is -0.444 e. The monoisotopic (exact) mass is 237 g/mol. The normalized spacial score (nSPS) is 13.5. The Bertz CT molecular complexity index is 376. The lowest BCUT2D eigenvalue weighted by Crippen LogP contribution is -2.34. The first-order valence-electron chi connectivity index (χ1n) is 6.15. The number of rotatable bonds is 4. The first-order valence-corrected chi connectivity index (χ1v) is 5.57. The van der Waals surface area contributed by atoms with Gasteiger partial charge in [-0.2, -0.15) is 0 Å². The molecule has 0 spiro atoms. The van der Waals surface area contributed by atoms with Crippen molar-refractivity contribution >= 4 is 11.8 Å². The molecule has 0 saturated carbocycles. The van der Waals surface area contributed by atoms with Crippen LogP contribution in [0, 0.1) is 0 Å². The van der Waals surface area contributed by atoms with Gasteiger partial charge in [0.25, 0.3) is 0 Å². The lowest BCUT2D eigenvalue weighted by Gasteiger charge is -2.19. The maximum absolute atomic E-state index is 11.4. The van der Waals surface area contributed by atoms with Gasteiger partial charge in [0.2, 0.25) is 0 Å². The summed E-state index contributed by atoms with van der Waals surface area (Å²) in [6.45, 7) is 4.93. The number of benzene rings is 1. The van der Waals surface area contributed by atoms with Crippen molar-refractivity contribution < 1.29 is 10.9 Å². The molecule has 1 aromatic rings. The van der Waals surface area contributed by atoms with Crippen LogP contribution in [0.5, 0.6) is 0 Å². The first kappa shape index (κ1) is 11.8. The molecule has 0 saturated heterocycles. The van der Waals surface area contributed by atoms with Crippen LogP contribution in [0.3, 0.4) is 0 Å². The van der Waals surface area contributed by atoms with Crippen molar-refractivity contribution in [3.8, 4) is 0 Å². The molecule has 1 atom stereocenters. The molecule has 1 unspecified atom stereocenters. The van der Waals surface area contributed by atoms with Gasteiger partial charge in [0, 0.05) is 18.8 Å². The van der Waals surface area contributed by atoms with Crippen LogP contribution in [-0.2, 0) is 4.74 Å². The number of nitrogens with one attached hydrogen (secondary N) is 2. The van der Waals surface area contributed by atoms with Crippen LogP contribution in [0.2, 0.25) is 0 Å². The lowest BCUT2D eigenvalue weighted by molar-refractivity contribution is 0.0530. The maximum atomic E-state index is 11.4. The number of amides is 1. The van der Waals surface area contributed by atoms with Crippen LogP contribution in [0.1, 0.15) is 22.1 Å². The smallest absolute Gasteiger partial charge is 0.407 e. The number of hydrogen-bond acceptors (Lipinski definition) is 3. The molecule has 17 heavy (non-hydrogen) atoms. The zero-order chi connectivity index (χ0) is 13.6. The zero-order valence-corrected chi connectivity index (χ0v) is 10.5. The molecule has 4 heteroatoms. The highest BCUT2D eigenvalue weighted by Gasteiger charge is 2.15. The van der Waals surface area contributed by atoms with E-state index in [-0.39, 0.29) is 0 Å². The molecule has 1 amide bonds. The van der Waals surface area contributed by atoms with E-state index in [1.165, 1.54) is 0 Å². The number of ether oxygens (including phenoxy) is 1. The molecule has 0 fully saturated rings. The number of hydrogen-bond donors (Lipinski definition) is 2. The standard InChI is InChI=1S/C13H20N2O2/c1-13(2,3)17-12(16)15-10-9-14-11-7-5-4-6-8-11/h4-8,14H,9-10H2,1-3H3,(H,15,16)/i10D. The van der Waals surface area contributed by atoms with Crippen molar-refractivity contribution in [2.75, 3.05) is 18.4 Å². The molecule has 0 radical (unpaired) electrons. The van der Waals surface area contributed by atoms with E-state index < -0.39 is 18.2 Å². The Hall–Kier alpha value is -1.71. The van der Waals surface area contributed by atoms with Gasteiger partial charge >= 0.3 is 6.09 Å². The predicted octanol–water partition coefficient (Wildman–Crippen LogP) is 2.62. The average molecular weight is 237 g/mol. The molecular weight excluding hydrogens is 216 g/mol. The van der Waals surface area contributed by atoms with Crippen molar-refractivity contribution in [3.05, 3.63) is 30.3 Å². The van der Waals surface area contributed by atoms with Crippen LogP contribution in [-0.4, -0.2) is 24.8 Å². The Morgan fingerprint density at radius 2 is 2.00 bits per heavy atom. The van der Waals surface area contributed by atoms with Crippen molar-refractivity contribution in [1.82, 2.24) is 5.32 Å². The molecule has 94 valence electrons. The molecule has 0 aliphatic heterocycles. The van der Waals surface area contributed by atoms with Crippen molar-refractivity contribution in [1.29, 1.82) is 0 Å². The summed E-state index contributed by atoms with van der Waals surface area (Å²) in [6.07, 6.45) is -0.572. The minimum absolute atomic E-state index is 0.323. The molecule has 0 aromatic heterocycles. The van der Waals surface area contributed by atoms with Crippen molar-refractivity contribution in [2.45, 2.75) is 26.4 Å². The SMILES string of the molecule is [2H]C(CNc1ccccc1)NC(=O)OC(C)(C)C. The molecular formula is C13H20N2O2. The highest BCUT2D eigenvalue weighted by Crippen LogP contribution is 2.06. The second-order valence-electron chi connectivity index (χ2n) is 4.60. The lowest BCUT2D eigenvalue weighted by atomic mass is 10.2. The molecule has 0 aliphatic rings.